The summed E-state index contributed by atoms with van der Waals surface area (Å²) in [7, 11) is 2.04. The Morgan fingerprint density at radius 3 is 2.33 bits per heavy atom. The molecule has 8 heteroatoms. The molecule has 1 atom stereocenters. The molecule has 1 saturated heterocycles. The number of aryl methyl sites for hydroxylation is 1. The fourth-order valence-corrected chi connectivity index (χ4v) is 3.87. The lowest BCUT2D eigenvalue weighted by Crippen LogP contribution is -2.55. The molecular formula is C22H34N4O3S. The maximum atomic E-state index is 12.9. The minimum atomic E-state index is -0.580. The second kappa shape index (κ2) is 12.0. The minimum Gasteiger partial charge on any atom is -0.338 e. The summed E-state index contributed by atoms with van der Waals surface area (Å²) in [6.45, 7) is 9.35. The van der Waals surface area contributed by atoms with E-state index in [-0.39, 0.29) is 17.1 Å². The number of benzene rings is 1. The van der Waals surface area contributed by atoms with Crippen LogP contribution in [0.2, 0.25) is 0 Å². The van der Waals surface area contributed by atoms with E-state index in [1.165, 1.54) is 24.2 Å². The highest BCUT2D eigenvalue weighted by Crippen LogP contribution is 2.08. The number of piperazine rings is 1. The number of thioether (sulfide) groups is 1. The van der Waals surface area contributed by atoms with Gasteiger partial charge in [0.1, 0.15) is 6.04 Å². The predicted octanol–water partition coefficient (Wildman–Crippen LogP) is 1.99. The number of nitrogens with zero attached hydrogens (tertiary/aromatic N) is 3. The van der Waals surface area contributed by atoms with Gasteiger partial charge in [0.15, 0.2) is 5.12 Å². The van der Waals surface area contributed by atoms with Crippen molar-refractivity contribution in [3.05, 3.63) is 35.4 Å². The first-order valence-corrected chi connectivity index (χ1v) is 11.5. The van der Waals surface area contributed by atoms with Crippen LogP contribution in [-0.4, -0.2) is 89.9 Å². The largest absolute Gasteiger partial charge is 0.338 e. The number of hydrogen-bond acceptors (Lipinski definition) is 5. The molecule has 0 spiro atoms. The highest BCUT2D eigenvalue weighted by atomic mass is 32.2. The van der Waals surface area contributed by atoms with Crippen molar-refractivity contribution in [2.75, 3.05) is 52.1 Å². The van der Waals surface area contributed by atoms with E-state index in [1.54, 1.807) is 11.8 Å². The van der Waals surface area contributed by atoms with Crippen LogP contribution >= 0.6 is 11.8 Å². The Morgan fingerprint density at radius 1 is 1.10 bits per heavy atom. The van der Waals surface area contributed by atoms with Crippen molar-refractivity contribution in [3.8, 4) is 0 Å². The monoisotopic (exact) mass is 434 g/mol. The molecule has 1 aromatic carbocycles. The fraction of sp³-hybridized carbons (Fsp3) is 0.591. The molecule has 0 aliphatic carbocycles. The van der Waals surface area contributed by atoms with Crippen molar-refractivity contribution in [1.82, 2.24) is 20.0 Å². The number of nitrogens with one attached hydrogen (secondary N) is 1. The van der Waals surface area contributed by atoms with Gasteiger partial charge >= 0.3 is 6.03 Å². The van der Waals surface area contributed by atoms with Gasteiger partial charge in [0, 0.05) is 51.9 Å². The van der Waals surface area contributed by atoms with E-state index in [1.807, 2.05) is 18.9 Å². The molecule has 1 fully saturated rings. The van der Waals surface area contributed by atoms with Crippen molar-refractivity contribution in [3.63, 3.8) is 0 Å². The van der Waals surface area contributed by atoms with Crippen molar-refractivity contribution in [2.45, 2.75) is 33.2 Å². The smallest absolute Gasteiger partial charge is 0.318 e. The van der Waals surface area contributed by atoms with E-state index >= 15 is 0 Å². The SMILES string of the molecule is CC(=O)SCCN(CCc1ccc(C)cc1)C(=O)N[C@@H](C)C(=O)N1CCN(C)CC1. The van der Waals surface area contributed by atoms with Gasteiger partial charge in [0.25, 0.3) is 0 Å². The van der Waals surface area contributed by atoms with Crippen LogP contribution in [0.15, 0.2) is 24.3 Å². The lowest BCUT2D eigenvalue weighted by Gasteiger charge is -2.34. The molecule has 1 aliphatic rings. The summed E-state index contributed by atoms with van der Waals surface area (Å²) in [5, 5.41) is 2.89. The Hall–Kier alpha value is -2.06. The standard InChI is InChI=1S/C22H34N4O3S/c1-17-5-7-20(8-6-17)9-10-26(15-16-30-19(3)27)22(29)23-18(2)21(28)25-13-11-24(4)12-14-25/h5-8,18H,9-16H2,1-4H3,(H,23,29)/t18-/m0/s1. The van der Waals surface area contributed by atoms with Crippen LogP contribution < -0.4 is 5.32 Å². The maximum absolute atomic E-state index is 12.9. The molecule has 0 aromatic heterocycles. The quantitative estimate of drug-likeness (QED) is 0.677. The Bertz CT molecular complexity index is 718. The first-order chi connectivity index (χ1) is 14.3. The van der Waals surface area contributed by atoms with E-state index in [2.05, 4.69) is 34.5 Å². The number of amides is 3. The molecule has 3 amide bonds. The van der Waals surface area contributed by atoms with Crippen molar-refractivity contribution in [1.29, 1.82) is 0 Å². The summed E-state index contributed by atoms with van der Waals surface area (Å²) in [5.41, 5.74) is 2.35. The molecule has 1 aliphatic heterocycles. The normalized spacial score (nSPS) is 15.5. The molecule has 1 N–H and O–H groups in total. The highest BCUT2D eigenvalue weighted by Gasteiger charge is 2.26. The summed E-state index contributed by atoms with van der Waals surface area (Å²) in [5.74, 6) is 0.491. The van der Waals surface area contributed by atoms with Crippen LogP contribution in [0.3, 0.4) is 0 Å². The number of carbonyl (C=O) groups is 3. The van der Waals surface area contributed by atoms with Gasteiger partial charge < -0.3 is 20.0 Å². The number of carbonyl (C=O) groups excluding carboxylic acids is 3. The molecule has 0 bridgehead atoms. The van der Waals surface area contributed by atoms with Crippen molar-refractivity contribution in [2.24, 2.45) is 0 Å². The van der Waals surface area contributed by atoms with E-state index in [0.717, 1.165) is 25.1 Å². The Morgan fingerprint density at radius 2 is 1.73 bits per heavy atom. The van der Waals surface area contributed by atoms with Gasteiger partial charge in [-0.1, -0.05) is 41.6 Å². The second-order valence-electron chi connectivity index (χ2n) is 7.86. The molecule has 0 saturated carbocycles. The third-order valence-corrected chi connectivity index (χ3v) is 6.06. The topological polar surface area (TPSA) is 73.0 Å². The van der Waals surface area contributed by atoms with E-state index in [9.17, 15) is 14.4 Å². The van der Waals surface area contributed by atoms with Crippen LogP contribution in [0.4, 0.5) is 4.79 Å². The van der Waals surface area contributed by atoms with Gasteiger partial charge in [-0.05, 0) is 32.9 Å². The van der Waals surface area contributed by atoms with Crippen molar-refractivity contribution < 1.29 is 14.4 Å². The summed E-state index contributed by atoms with van der Waals surface area (Å²) < 4.78 is 0. The maximum Gasteiger partial charge on any atom is 0.318 e. The molecule has 1 aromatic rings. The first kappa shape index (κ1) is 24.2. The van der Waals surface area contributed by atoms with Gasteiger partial charge in [0.2, 0.25) is 5.91 Å². The predicted molar refractivity (Wildman–Crippen MR) is 122 cm³/mol. The minimum absolute atomic E-state index is 0.0347. The lowest BCUT2D eigenvalue weighted by molar-refractivity contribution is -0.134. The molecule has 7 nitrogen and oxygen atoms in total. The van der Waals surface area contributed by atoms with Crippen molar-refractivity contribution >= 4 is 28.8 Å². The molecular weight excluding hydrogens is 400 g/mol. The van der Waals surface area contributed by atoms with Crippen LogP contribution in [-0.2, 0) is 16.0 Å². The number of rotatable bonds is 8. The highest BCUT2D eigenvalue weighted by molar-refractivity contribution is 8.13. The molecule has 30 heavy (non-hydrogen) atoms. The average Bonchev–Trinajstić information content (AvgIpc) is 2.71. The zero-order chi connectivity index (χ0) is 22.1. The molecule has 0 radical (unpaired) electrons. The van der Waals surface area contributed by atoms with E-state index in [4.69, 9.17) is 0 Å². The fourth-order valence-electron chi connectivity index (χ4n) is 3.27. The molecule has 1 heterocycles. The summed E-state index contributed by atoms with van der Waals surface area (Å²) in [6.07, 6.45) is 0.721. The number of hydrogen-bond donors (Lipinski definition) is 1. The average molecular weight is 435 g/mol. The molecule has 166 valence electrons. The molecule has 0 unspecified atom stereocenters. The van der Waals surface area contributed by atoms with Gasteiger partial charge in [-0.2, -0.15) is 0 Å². The number of likely N-dealkylation sites (N-methyl/N-ethyl adjacent to an activating group) is 1. The lowest BCUT2D eigenvalue weighted by atomic mass is 10.1. The van der Waals surface area contributed by atoms with Gasteiger partial charge in [-0.15, -0.1) is 0 Å². The first-order valence-electron chi connectivity index (χ1n) is 10.5. The second-order valence-corrected chi connectivity index (χ2v) is 9.13. The summed E-state index contributed by atoms with van der Waals surface area (Å²) in [4.78, 5) is 42.5. The zero-order valence-corrected chi connectivity index (χ0v) is 19.3. The third-order valence-electron chi connectivity index (χ3n) is 5.27. The zero-order valence-electron chi connectivity index (χ0n) is 18.5. The van der Waals surface area contributed by atoms with Crippen LogP contribution in [0.25, 0.3) is 0 Å². The third kappa shape index (κ3) is 7.99. The van der Waals surface area contributed by atoms with E-state index < -0.39 is 6.04 Å². The van der Waals surface area contributed by atoms with Crippen LogP contribution in [0.5, 0.6) is 0 Å². The Balaban J connectivity index is 1.93. The van der Waals surface area contributed by atoms with Gasteiger partial charge in [-0.3, -0.25) is 9.59 Å². The van der Waals surface area contributed by atoms with E-state index in [0.29, 0.717) is 31.9 Å². The van der Waals surface area contributed by atoms with Crippen LogP contribution in [0.1, 0.15) is 25.0 Å². The van der Waals surface area contributed by atoms with Gasteiger partial charge in [-0.25, -0.2) is 4.79 Å². The van der Waals surface area contributed by atoms with Crippen LogP contribution in [0, 0.1) is 6.92 Å². The number of urea groups is 1. The van der Waals surface area contributed by atoms with Gasteiger partial charge in [0.05, 0.1) is 0 Å². The Kier molecular flexibility index (Phi) is 9.65. The molecule has 2 rings (SSSR count). The Labute approximate surface area is 184 Å². The summed E-state index contributed by atoms with van der Waals surface area (Å²) in [6, 6.07) is 7.40. The summed E-state index contributed by atoms with van der Waals surface area (Å²) >= 11 is 1.21.